The highest BCUT2D eigenvalue weighted by atomic mass is 14.9. The molecule has 0 bridgehead atoms. The Morgan fingerprint density at radius 1 is 0.841 bits per heavy atom. The van der Waals surface area contributed by atoms with E-state index in [0.29, 0.717) is 6.04 Å². The van der Waals surface area contributed by atoms with Crippen molar-refractivity contribution in [2.75, 3.05) is 19.6 Å². The molecule has 7 rings (SSSR count). The summed E-state index contributed by atoms with van der Waals surface area (Å²) in [5.41, 5.74) is 5.41. The molecule has 10 unspecified atom stereocenters. The van der Waals surface area contributed by atoms with Crippen LogP contribution in [0.2, 0.25) is 0 Å². The Kier molecular flexibility index (Phi) is 10.5. The SMILES string of the molecule is CC(CCC(CNC1C=CC2CCC=CC2C1)C1CC=C(C2CCNC2)CC1)C1=C2C=CCCC2C(C2C=CCCC2)CC1. The van der Waals surface area contributed by atoms with Gasteiger partial charge in [0.2, 0.25) is 0 Å². The number of hydrogen-bond donors (Lipinski definition) is 2. The van der Waals surface area contributed by atoms with Crippen molar-refractivity contribution in [2.24, 2.45) is 53.3 Å². The molecule has 1 fully saturated rings. The number of hydrogen-bond acceptors (Lipinski definition) is 2. The van der Waals surface area contributed by atoms with Gasteiger partial charge in [-0.15, -0.1) is 0 Å². The number of nitrogens with one attached hydrogen (secondary N) is 2. The maximum absolute atomic E-state index is 4.13. The standard InChI is InChI=1S/C42H62N2/c1-30(39-23-24-40(34-10-3-2-4-11-34)42-14-8-7-13-41(39)42)15-16-36(32-17-19-33(20-18-32)37-25-26-43-28-37)29-44-38-22-21-31-9-5-6-12-35(31)27-38/h3,6-7,10,12-13,19,21-22,30-32,34-38,40,42-44H,2,4-5,8-9,11,14-18,20,23-29H2,1H3. The van der Waals surface area contributed by atoms with Gasteiger partial charge in [0.05, 0.1) is 0 Å². The zero-order chi connectivity index (χ0) is 29.7. The number of rotatable bonds is 10. The van der Waals surface area contributed by atoms with Crippen LogP contribution in [0.3, 0.4) is 0 Å². The predicted octanol–water partition coefficient (Wildman–Crippen LogP) is 9.88. The highest BCUT2D eigenvalue weighted by Crippen LogP contribution is 2.48. The van der Waals surface area contributed by atoms with Crippen LogP contribution in [0, 0.1) is 53.3 Å². The average molecular weight is 595 g/mol. The van der Waals surface area contributed by atoms with Crippen molar-refractivity contribution in [3.63, 3.8) is 0 Å². The van der Waals surface area contributed by atoms with Gasteiger partial charge in [-0.1, -0.05) is 72.8 Å². The fourth-order valence-corrected chi connectivity index (χ4v) is 10.8. The molecular weight excluding hydrogens is 532 g/mol. The van der Waals surface area contributed by atoms with Gasteiger partial charge < -0.3 is 10.6 Å². The Balaban J connectivity index is 1.02. The summed E-state index contributed by atoms with van der Waals surface area (Å²) in [6.45, 7) is 6.23. The van der Waals surface area contributed by atoms with Crippen molar-refractivity contribution in [3.05, 3.63) is 71.4 Å². The van der Waals surface area contributed by atoms with E-state index >= 15 is 0 Å². The first-order valence-electron chi connectivity index (χ1n) is 19.3. The third-order valence-corrected chi connectivity index (χ3v) is 13.5. The van der Waals surface area contributed by atoms with Gasteiger partial charge in [0.15, 0.2) is 0 Å². The van der Waals surface area contributed by atoms with Gasteiger partial charge >= 0.3 is 0 Å². The van der Waals surface area contributed by atoms with Crippen molar-refractivity contribution < 1.29 is 0 Å². The third kappa shape index (κ3) is 7.17. The summed E-state index contributed by atoms with van der Waals surface area (Å²) in [7, 11) is 0. The maximum atomic E-state index is 4.13. The van der Waals surface area contributed by atoms with Gasteiger partial charge in [-0.2, -0.15) is 0 Å². The molecule has 0 aromatic rings. The zero-order valence-electron chi connectivity index (χ0n) is 27.9. The van der Waals surface area contributed by atoms with E-state index in [4.69, 9.17) is 0 Å². The second-order valence-corrected chi connectivity index (χ2v) is 16.0. The molecule has 0 spiro atoms. The summed E-state index contributed by atoms with van der Waals surface area (Å²) in [5.74, 6) is 7.27. The molecule has 2 N–H and O–H groups in total. The van der Waals surface area contributed by atoms with E-state index < -0.39 is 0 Å². The van der Waals surface area contributed by atoms with E-state index in [1.807, 2.05) is 5.57 Å². The normalized spacial score (nSPS) is 38.2. The van der Waals surface area contributed by atoms with E-state index in [9.17, 15) is 0 Å². The van der Waals surface area contributed by atoms with E-state index in [1.165, 1.54) is 122 Å². The Bertz CT molecular complexity index is 1140. The first-order chi connectivity index (χ1) is 21.7. The van der Waals surface area contributed by atoms with Crippen LogP contribution in [0.1, 0.15) is 110 Å². The summed E-state index contributed by atoms with van der Waals surface area (Å²) in [4.78, 5) is 0. The minimum Gasteiger partial charge on any atom is -0.316 e. The maximum Gasteiger partial charge on any atom is 0.0256 e. The van der Waals surface area contributed by atoms with Crippen LogP contribution < -0.4 is 10.6 Å². The van der Waals surface area contributed by atoms with Crippen LogP contribution in [0.25, 0.3) is 0 Å². The summed E-state index contributed by atoms with van der Waals surface area (Å²) < 4.78 is 0. The third-order valence-electron chi connectivity index (χ3n) is 13.5. The molecule has 1 heterocycles. The molecule has 44 heavy (non-hydrogen) atoms. The predicted molar refractivity (Wildman–Crippen MR) is 187 cm³/mol. The van der Waals surface area contributed by atoms with E-state index in [2.05, 4.69) is 72.2 Å². The lowest BCUT2D eigenvalue weighted by atomic mass is 9.63. The minimum absolute atomic E-state index is 0.556. The molecule has 240 valence electrons. The molecule has 0 saturated carbocycles. The second-order valence-electron chi connectivity index (χ2n) is 16.0. The molecule has 0 amide bonds. The highest BCUT2D eigenvalue weighted by Gasteiger charge is 2.37. The van der Waals surface area contributed by atoms with E-state index in [-0.39, 0.29) is 0 Å². The Hall–Kier alpha value is -1.64. The Morgan fingerprint density at radius 3 is 2.59 bits per heavy atom. The lowest BCUT2D eigenvalue weighted by Crippen LogP contribution is -2.39. The lowest BCUT2D eigenvalue weighted by Gasteiger charge is -2.42. The highest BCUT2D eigenvalue weighted by molar-refractivity contribution is 5.35. The molecular formula is C42H62N2. The molecule has 2 heteroatoms. The van der Waals surface area contributed by atoms with Gasteiger partial charge in [-0.3, -0.25) is 0 Å². The van der Waals surface area contributed by atoms with Crippen LogP contribution in [-0.4, -0.2) is 25.7 Å². The topological polar surface area (TPSA) is 24.1 Å². The van der Waals surface area contributed by atoms with Gasteiger partial charge in [-0.25, -0.2) is 0 Å². The van der Waals surface area contributed by atoms with Crippen molar-refractivity contribution in [1.82, 2.24) is 10.6 Å². The fraction of sp³-hybridized carbons (Fsp3) is 0.714. The Morgan fingerprint density at radius 2 is 1.75 bits per heavy atom. The minimum atomic E-state index is 0.556. The largest absolute Gasteiger partial charge is 0.316 e. The molecule has 0 aromatic carbocycles. The summed E-state index contributed by atoms with van der Waals surface area (Å²) >= 11 is 0. The molecule has 0 aromatic heterocycles. The van der Waals surface area contributed by atoms with Gasteiger partial charge in [0.25, 0.3) is 0 Å². The average Bonchev–Trinajstić information content (AvgIpc) is 3.63. The van der Waals surface area contributed by atoms with Gasteiger partial charge in [0, 0.05) is 12.6 Å². The monoisotopic (exact) mass is 594 g/mol. The summed E-state index contributed by atoms with van der Waals surface area (Å²) in [5, 5.41) is 7.74. The van der Waals surface area contributed by atoms with E-state index in [1.54, 1.807) is 11.1 Å². The molecule has 7 aliphatic rings. The van der Waals surface area contributed by atoms with Gasteiger partial charge in [-0.05, 0) is 175 Å². The van der Waals surface area contributed by atoms with Gasteiger partial charge in [0.1, 0.15) is 0 Å². The quantitative estimate of drug-likeness (QED) is 0.246. The van der Waals surface area contributed by atoms with Crippen LogP contribution in [-0.2, 0) is 0 Å². The fourth-order valence-electron chi connectivity index (χ4n) is 10.8. The molecule has 6 aliphatic carbocycles. The second kappa shape index (κ2) is 14.8. The molecule has 0 radical (unpaired) electrons. The molecule has 2 nitrogen and oxygen atoms in total. The smallest absolute Gasteiger partial charge is 0.0256 e. The summed E-state index contributed by atoms with van der Waals surface area (Å²) in [6, 6.07) is 0.556. The van der Waals surface area contributed by atoms with Crippen LogP contribution in [0.15, 0.2) is 71.4 Å². The van der Waals surface area contributed by atoms with Crippen molar-refractivity contribution in [1.29, 1.82) is 0 Å². The first-order valence-corrected chi connectivity index (χ1v) is 19.3. The molecule has 1 saturated heterocycles. The molecule has 1 aliphatic heterocycles. The first kappa shape index (κ1) is 31.0. The van der Waals surface area contributed by atoms with Crippen molar-refractivity contribution in [3.8, 4) is 0 Å². The molecule has 10 atom stereocenters. The van der Waals surface area contributed by atoms with Crippen molar-refractivity contribution in [2.45, 2.75) is 116 Å². The summed E-state index contributed by atoms with van der Waals surface area (Å²) in [6.07, 6.45) is 44.6. The van der Waals surface area contributed by atoms with Crippen LogP contribution in [0.5, 0.6) is 0 Å². The number of fused-ring (bicyclic) bond motifs is 2. The zero-order valence-corrected chi connectivity index (χ0v) is 27.9. The van der Waals surface area contributed by atoms with E-state index in [0.717, 1.165) is 53.3 Å². The lowest BCUT2D eigenvalue weighted by molar-refractivity contribution is 0.221. The van der Waals surface area contributed by atoms with Crippen LogP contribution in [0.4, 0.5) is 0 Å². The Labute approximate surface area is 270 Å². The van der Waals surface area contributed by atoms with Crippen molar-refractivity contribution >= 4 is 0 Å². The number of allylic oxidation sites excluding steroid dienone is 10. The van der Waals surface area contributed by atoms with Crippen LogP contribution >= 0.6 is 0 Å².